The average Bonchev–Trinajstić information content (AvgIpc) is 2.87. The summed E-state index contributed by atoms with van der Waals surface area (Å²) in [5.74, 6) is -0.411. The van der Waals surface area contributed by atoms with Gasteiger partial charge in [0, 0.05) is 36.8 Å². The fourth-order valence-corrected chi connectivity index (χ4v) is 3.33. The molecule has 1 aromatic carbocycles. The van der Waals surface area contributed by atoms with Crippen LogP contribution in [0.15, 0.2) is 28.4 Å². The lowest BCUT2D eigenvalue weighted by atomic mass is 10.1. The number of amides is 2. The quantitative estimate of drug-likeness (QED) is 0.858. The molecule has 1 heterocycles. The van der Waals surface area contributed by atoms with Gasteiger partial charge in [-0.1, -0.05) is 29.5 Å². The summed E-state index contributed by atoms with van der Waals surface area (Å²) in [6.45, 7) is 6.00. The van der Waals surface area contributed by atoms with Crippen LogP contribution in [0.2, 0.25) is 0 Å². The van der Waals surface area contributed by atoms with E-state index < -0.39 is 0 Å². The molecular weight excluding hydrogens is 338 g/mol. The molecule has 6 nitrogen and oxygen atoms in total. The van der Waals surface area contributed by atoms with Crippen molar-refractivity contribution < 1.29 is 9.59 Å². The monoisotopic (exact) mass is 361 g/mol. The molecule has 2 aromatic rings. The molecule has 0 aliphatic carbocycles. The number of carbonyl (C=O) groups excluding carboxylic acids is 2. The first-order chi connectivity index (χ1) is 11.8. The molecule has 25 heavy (non-hydrogen) atoms. The number of hydrogen-bond acceptors (Lipinski definition) is 4. The molecule has 0 aliphatic heterocycles. The minimum absolute atomic E-state index is 0.0237. The Balaban J connectivity index is 1.90. The third kappa shape index (κ3) is 4.79. The highest BCUT2D eigenvalue weighted by molar-refractivity contribution is 7.07. The molecule has 1 N–H and O–H groups in total. The van der Waals surface area contributed by atoms with Crippen molar-refractivity contribution in [2.75, 3.05) is 18.9 Å². The van der Waals surface area contributed by atoms with Gasteiger partial charge in [0.2, 0.25) is 11.8 Å². The molecule has 0 radical (unpaired) electrons. The number of aryl methyl sites for hydroxylation is 3. The van der Waals surface area contributed by atoms with Gasteiger partial charge in [0.1, 0.15) is 0 Å². The van der Waals surface area contributed by atoms with Crippen LogP contribution in [0.1, 0.15) is 23.2 Å². The van der Waals surface area contributed by atoms with Gasteiger partial charge in [0.25, 0.3) is 0 Å². The lowest BCUT2D eigenvalue weighted by Crippen LogP contribution is -2.36. The molecule has 0 saturated carbocycles. The van der Waals surface area contributed by atoms with Gasteiger partial charge in [-0.2, -0.15) is 0 Å². The third-order valence-corrected chi connectivity index (χ3v) is 4.96. The van der Waals surface area contributed by atoms with E-state index in [2.05, 4.69) is 5.32 Å². The summed E-state index contributed by atoms with van der Waals surface area (Å²) in [7, 11) is 1.59. The van der Waals surface area contributed by atoms with Crippen molar-refractivity contribution in [3.8, 4) is 0 Å². The molecule has 0 spiro atoms. The molecule has 134 valence electrons. The maximum Gasteiger partial charge on any atom is 0.307 e. The zero-order valence-electron chi connectivity index (χ0n) is 15.0. The molecule has 0 aliphatic rings. The molecule has 2 amide bonds. The van der Waals surface area contributed by atoms with Crippen LogP contribution >= 0.6 is 11.3 Å². The number of benzene rings is 1. The van der Waals surface area contributed by atoms with Gasteiger partial charge in [-0.3, -0.25) is 14.4 Å². The molecule has 1 aromatic heterocycles. The van der Waals surface area contributed by atoms with Crippen LogP contribution in [0.3, 0.4) is 0 Å². The van der Waals surface area contributed by atoms with Crippen molar-refractivity contribution in [2.45, 2.75) is 33.7 Å². The number of hydrogen-bond donors (Lipinski definition) is 1. The van der Waals surface area contributed by atoms with Gasteiger partial charge in [0.15, 0.2) is 0 Å². The van der Waals surface area contributed by atoms with E-state index in [1.54, 1.807) is 17.0 Å². The number of aromatic nitrogens is 1. The normalized spacial score (nSPS) is 10.6. The summed E-state index contributed by atoms with van der Waals surface area (Å²) in [6, 6.07) is 5.79. The number of nitrogens with one attached hydrogen (secondary N) is 1. The highest BCUT2D eigenvalue weighted by Gasteiger charge is 2.15. The Morgan fingerprint density at radius 1 is 1.20 bits per heavy atom. The molecular formula is C18H23N3O3S. The highest BCUT2D eigenvalue weighted by atomic mass is 32.1. The number of anilines is 1. The molecule has 0 fully saturated rings. The van der Waals surface area contributed by atoms with E-state index >= 15 is 0 Å². The SMILES string of the molecule is Cc1cccc(C)c1NC(=O)CN(C)C(=O)CCn1c(C)csc1=O. The molecule has 0 unspecified atom stereocenters. The molecule has 2 rings (SSSR count). The van der Waals surface area contributed by atoms with E-state index in [0.717, 1.165) is 33.8 Å². The van der Waals surface area contributed by atoms with Crippen LogP contribution in [-0.2, 0) is 16.1 Å². The highest BCUT2D eigenvalue weighted by Crippen LogP contribution is 2.19. The summed E-state index contributed by atoms with van der Waals surface area (Å²) in [5.41, 5.74) is 3.59. The second-order valence-electron chi connectivity index (χ2n) is 6.11. The van der Waals surface area contributed by atoms with Crippen LogP contribution in [0.4, 0.5) is 5.69 Å². The van der Waals surface area contributed by atoms with Gasteiger partial charge in [0.05, 0.1) is 6.54 Å². The van der Waals surface area contributed by atoms with E-state index in [4.69, 9.17) is 0 Å². The van der Waals surface area contributed by atoms with Crippen LogP contribution in [-0.4, -0.2) is 34.9 Å². The fraction of sp³-hybridized carbons (Fsp3) is 0.389. The summed E-state index contributed by atoms with van der Waals surface area (Å²) in [6.07, 6.45) is 0.185. The Kier molecular flexibility index (Phi) is 6.14. The number of rotatable bonds is 6. The maximum absolute atomic E-state index is 12.2. The zero-order valence-corrected chi connectivity index (χ0v) is 15.8. The first-order valence-electron chi connectivity index (χ1n) is 8.04. The topological polar surface area (TPSA) is 71.4 Å². The standard InChI is InChI=1S/C18H23N3O3S/c1-12-6-5-7-13(2)17(12)19-15(22)10-20(4)16(23)8-9-21-14(3)11-25-18(21)24/h5-7,11H,8-10H2,1-4H3,(H,19,22). The van der Waals surface area contributed by atoms with Crippen molar-refractivity contribution in [3.05, 3.63) is 50.1 Å². The molecule has 0 bridgehead atoms. The molecule has 0 atom stereocenters. The van der Waals surface area contributed by atoms with E-state index in [1.165, 1.54) is 4.90 Å². The fourth-order valence-electron chi connectivity index (χ4n) is 2.57. The van der Waals surface area contributed by atoms with Gasteiger partial charge in [-0.05, 0) is 31.9 Å². The lowest BCUT2D eigenvalue weighted by Gasteiger charge is -2.18. The number of thiazole rings is 1. The van der Waals surface area contributed by atoms with Crippen LogP contribution in [0, 0.1) is 20.8 Å². The van der Waals surface area contributed by atoms with Crippen molar-refractivity contribution in [3.63, 3.8) is 0 Å². The lowest BCUT2D eigenvalue weighted by molar-refractivity contribution is -0.133. The number of para-hydroxylation sites is 1. The molecule has 7 heteroatoms. The second-order valence-corrected chi connectivity index (χ2v) is 6.93. The summed E-state index contributed by atoms with van der Waals surface area (Å²) >= 11 is 1.12. The Morgan fingerprint density at radius 3 is 2.40 bits per heavy atom. The minimum Gasteiger partial charge on any atom is -0.336 e. The Morgan fingerprint density at radius 2 is 1.84 bits per heavy atom. The van der Waals surface area contributed by atoms with Crippen molar-refractivity contribution in [2.24, 2.45) is 0 Å². The first kappa shape index (κ1) is 18.9. The van der Waals surface area contributed by atoms with E-state index in [0.29, 0.717) is 6.54 Å². The van der Waals surface area contributed by atoms with Gasteiger partial charge >= 0.3 is 4.87 Å². The third-order valence-electron chi connectivity index (χ3n) is 4.08. The van der Waals surface area contributed by atoms with Crippen LogP contribution in [0.5, 0.6) is 0 Å². The Bertz CT molecular complexity index is 818. The van der Waals surface area contributed by atoms with Crippen molar-refractivity contribution >= 4 is 28.8 Å². The maximum atomic E-state index is 12.2. The summed E-state index contributed by atoms with van der Waals surface area (Å²) < 4.78 is 1.58. The largest absolute Gasteiger partial charge is 0.336 e. The Labute approximate surface area is 151 Å². The molecule has 0 saturated heterocycles. The Hall–Kier alpha value is -2.41. The van der Waals surface area contributed by atoms with E-state index in [1.807, 2.05) is 39.0 Å². The zero-order chi connectivity index (χ0) is 18.6. The predicted molar refractivity (Wildman–Crippen MR) is 100 cm³/mol. The minimum atomic E-state index is -0.239. The first-order valence-corrected chi connectivity index (χ1v) is 8.92. The predicted octanol–water partition coefficient (Wildman–Crippen LogP) is 2.32. The second kappa shape index (κ2) is 8.11. The number of likely N-dealkylation sites (N-methyl/N-ethyl adjacent to an activating group) is 1. The average molecular weight is 361 g/mol. The van der Waals surface area contributed by atoms with Gasteiger partial charge in [-0.25, -0.2) is 0 Å². The van der Waals surface area contributed by atoms with Crippen LogP contribution in [0.25, 0.3) is 0 Å². The van der Waals surface area contributed by atoms with Crippen LogP contribution < -0.4 is 10.2 Å². The van der Waals surface area contributed by atoms with E-state index in [-0.39, 0.29) is 29.7 Å². The van der Waals surface area contributed by atoms with Crippen molar-refractivity contribution in [1.82, 2.24) is 9.47 Å². The summed E-state index contributed by atoms with van der Waals surface area (Å²) in [4.78, 5) is 37.4. The van der Waals surface area contributed by atoms with Gasteiger partial charge in [-0.15, -0.1) is 0 Å². The van der Waals surface area contributed by atoms with Crippen molar-refractivity contribution in [1.29, 1.82) is 0 Å². The van der Waals surface area contributed by atoms with E-state index in [9.17, 15) is 14.4 Å². The van der Waals surface area contributed by atoms with Gasteiger partial charge < -0.3 is 14.8 Å². The summed E-state index contributed by atoms with van der Waals surface area (Å²) in [5, 5.41) is 4.64. The number of carbonyl (C=O) groups is 2. The number of nitrogens with zero attached hydrogens (tertiary/aromatic N) is 2. The smallest absolute Gasteiger partial charge is 0.307 e.